The minimum atomic E-state index is -4.37. The molecule has 0 aliphatic heterocycles. The van der Waals surface area contributed by atoms with Gasteiger partial charge in [-0.3, -0.25) is 0 Å². The summed E-state index contributed by atoms with van der Waals surface area (Å²) in [6.07, 6.45) is 0.429. The molecule has 0 radical (unpaired) electrons. The maximum absolute atomic E-state index is 13.0. The Bertz CT molecular complexity index is 863. The molecule has 0 fully saturated rings. The average molecular weight is 367 g/mol. The first-order valence-electron chi connectivity index (χ1n) is 7.65. The van der Waals surface area contributed by atoms with Crippen molar-refractivity contribution in [3.8, 4) is 0 Å². The lowest BCUT2D eigenvalue weighted by Gasteiger charge is -2.14. The van der Waals surface area contributed by atoms with Gasteiger partial charge in [-0.25, -0.2) is 19.7 Å². The van der Waals surface area contributed by atoms with Crippen molar-refractivity contribution in [3.63, 3.8) is 0 Å². The fourth-order valence-electron chi connectivity index (χ4n) is 2.53. The van der Waals surface area contributed by atoms with Gasteiger partial charge in [-0.05, 0) is 44.0 Å². The van der Waals surface area contributed by atoms with Crippen LogP contribution >= 0.6 is 11.9 Å². The molecule has 5 nitrogen and oxygen atoms in total. The van der Waals surface area contributed by atoms with Gasteiger partial charge in [-0.1, -0.05) is 0 Å². The van der Waals surface area contributed by atoms with E-state index in [0.717, 1.165) is 17.0 Å². The maximum Gasteiger partial charge on any atom is 0.416 e. The number of benzene rings is 1. The Balaban J connectivity index is 1.90. The van der Waals surface area contributed by atoms with Crippen LogP contribution < -0.4 is 4.72 Å². The molecule has 0 aliphatic carbocycles. The van der Waals surface area contributed by atoms with Gasteiger partial charge in [-0.2, -0.15) is 13.2 Å². The van der Waals surface area contributed by atoms with Crippen molar-refractivity contribution < 1.29 is 13.2 Å². The number of nitrogens with zero attached hydrogens (tertiary/aromatic N) is 4. The Morgan fingerprint density at radius 1 is 1.24 bits per heavy atom. The number of nitrogens with one attached hydrogen (secondary N) is 1. The Morgan fingerprint density at radius 2 is 1.96 bits per heavy atom. The molecule has 1 atom stereocenters. The minimum Gasteiger partial charge on any atom is -0.327 e. The lowest BCUT2D eigenvalue weighted by atomic mass is 10.2. The Hall–Kier alpha value is -2.13. The molecule has 1 unspecified atom stereocenters. The number of rotatable bonds is 5. The van der Waals surface area contributed by atoms with Crippen molar-refractivity contribution in [2.24, 2.45) is 0 Å². The van der Waals surface area contributed by atoms with Gasteiger partial charge in [0.1, 0.15) is 12.2 Å². The van der Waals surface area contributed by atoms with E-state index < -0.39 is 11.7 Å². The van der Waals surface area contributed by atoms with Gasteiger partial charge >= 0.3 is 6.18 Å². The molecule has 1 aromatic carbocycles. The first-order chi connectivity index (χ1) is 11.9. The zero-order valence-corrected chi connectivity index (χ0v) is 14.4. The third-order valence-electron chi connectivity index (χ3n) is 3.70. The quantitative estimate of drug-likeness (QED) is 0.684. The fourth-order valence-corrected chi connectivity index (χ4v) is 3.17. The minimum absolute atomic E-state index is 0.174. The molecule has 0 saturated heterocycles. The number of aryl methyl sites for hydroxylation is 1. The molecule has 2 heterocycles. The van der Waals surface area contributed by atoms with Crippen LogP contribution in [-0.2, 0) is 12.7 Å². The van der Waals surface area contributed by atoms with E-state index >= 15 is 0 Å². The molecule has 2 aromatic heterocycles. The number of hydrogen-bond acceptors (Lipinski definition) is 5. The van der Waals surface area contributed by atoms with Crippen LogP contribution in [0.4, 0.5) is 13.2 Å². The summed E-state index contributed by atoms with van der Waals surface area (Å²) in [4.78, 5) is 13.2. The van der Waals surface area contributed by atoms with E-state index in [0.29, 0.717) is 23.4 Å². The summed E-state index contributed by atoms with van der Waals surface area (Å²) in [5.74, 6) is 0.682. The molecule has 9 heteroatoms. The second-order valence-electron chi connectivity index (χ2n) is 5.43. The van der Waals surface area contributed by atoms with Gasteiger partial charge in [0.25, 0.3) is 0 Å². The lowest BCUT2D eigenvalue weighted by Crippen LogP contribution is -2.16. The summed E-state index contributed by atoms with van der Waals surface area (Å²) in [6, 6.07) is 3.46. The molecule has 25 heavy (non-hydrogen) atoms. The molecular formula is C16H16F3N5S. The van der Waals surface area contributed by atoms with Crippen LogP contribution in [-0.4, -0.2) is 19.5 Å². The third-order valence-corrected chi connectivity index (χ3v) is 4.62. The zero-order valence-electron chi connectivity index (χ0n) is 13.6. The molecule has 132 valence electrons. The van der Waals surface area contributed by atoms with Crippen molar-refractivity contribution in [1.82, 2.24) is 24.2 Å². The molecule has 0 spiro atoms. The summed E-state index contributed by atoms with van der Waals surface area (Å²) < 4.78 is 43.9. The molecule has 3 aromatic rings. The van der Waals surface area contributed by atoms with E-state index in [9.17, 15) is 13.2 Å². The normalized spacial score (nSPS) is 13.3. The topological polar surface area (TPSA) is 55.6 Å². The van der Waals surface area contributed by atoms with Crippen molar-refractivity contribution in [1.29, 1.82) is 0 Å². The molecule has 0 amide bonds. The molecule has 0 saturated carbocycles. The van der Waals surface area contributed by atoms with Gasteiger partial charge in [0.05, 0.1) is 27.5 Å². The largest absolute Gasteiger partial charge is 0.416 e. The first kappa shape index (κ1) is 17.7. The van der Waals surface area contributed by atoms with E-state index in [1.165, 1.54) is 24.3 Å². The summed E-state index contributed by atoms with van der Waals surface area (Å²) >= 11 is 1.35. The summed E-state index contributed by atoms with van der Waals surface area (Å²) in [5, 5.41) is 0. The molecule has 3 rings (SSSR count). The third kappa shape index (κ3) is 3.77. The highest BCUT2D eigenvalue weighted by Crippen LogP contribution is 2.32. The van der Waals surface area contributed by atoms with Crippen LogP contribution in [0.3, 0.4) is 0 Å². The average Bonchev–Trinajstić information content (AvgIpc) is 2.97. The van der Waals surface area contributed by atoms with E-state index in [4.69, 9.17) is 0 Å². The SMILES string of the molecule is CCn1c(C(C)NSc2cncnc2)nc2ccc(C(F)(F)F)cc21. The summed E-state index contributed by atoms with van der Waals surface area (Å²) in [5.41, 5.74) is 0.359. The van der Waals surface area contributed by atoms with Crippen molar-refractivity contribution >= 4 is 23.0 Å². The Kier molecular flexibility index (Phi) is 4.96. The molecule has 0 aliphatic rings. The van der Waals surface area contributed by atoms with Crippen LogP contribution in [0.5, 0.6) is 0 Å². The van der Waals surface area contributed by atoms with Gasteiger partial charge in [0, 0.05) is 18.9 Å². The lowest BCUT2D eigenvalue weighted by molar-refractivity contribution is -0.137. The number of fused-ring (bicyclic) bond motifs is 1. The number of aromatic nitrogens is 4. The molecular weight excluding hydrogens is 351 g/mol. The first-order valence-corrected chi connectivity index (χ1v) is 8.46. The second kappa shape index (κ2) is 7.01. The van der Waals surface area contributed by atoms with Crippen LogP contribution in [0, 0.1) is 0 Å². The number of hydrogen-bond donors (Lipinski definition) is 1. The van der Waals surface area contributed by atoms with E-state index in [-0.39, 0.29) is 6.04 Å². The zero-order chi connectivity index (χ0) is 18.0. The smallest absolute Gasteiger partial charge is 0.327 e. The predicted octanol–water partition coefficient (Wildman–Crippen LogP) is 4.22. The van der Waals surface area contributed by atoms with Crippen LogP contribution in [0.1, 0.15) is 31.3 Å². The van der Waals surface area contributed by atoms with E-state index in [1.807, 2.05) is 13.8 Å². The second-order valence-corrected chi connectivity index (χ2v) is 6.34. The number of imidazole rings is 1. The standard InChI is InChI=1S/C16H16F3N5S/c1-3-24-14-6-11(16(17,18)19)4-5-13(14)22-15(24)10(2)23-25-12-7-20-9-21-8-12/h4-10,23H,3H2,1-2H3. The van der Waals surface area contributed by atoms with Crippen LogP contribution in [0.25, 0.3) is 11.0 Å². The Labute approximate surface area is 146 Å². The molecule has 0 bridgehead atoms. The van der Waals surface area contributed by atoms with Gasteiger partial charge in [0.15, 0.2) is 0 Å². The van der Waals surface area contributed by atoms with Crippen molar-refractivity contribution in [2.75, 3.05) is 0 Å². The van der Waals surface area contributed by atoms with E-state index in [1.54, 1.807) is 17.0 Å². The molecule has 1 N–H and O–H groups in total. The van der Waals surface area contributed by atoms with Crippen LogP contribution in [0.15, 0.2) is 41.8 Å². The maximum atomic E-state index is 13.0. The fraction of sp³-hybridized carbons (Fsp3) is 0.312. The monoisotopic (exact) mass is 367 g/mol. The summed E-state index contributed by atoms with van der Waals surface area (Å²) in [7, 11) is 0. The van der Waals surface area contributed by atoms with Crippen molar-refractivity contribution in [3.05, 3.63) is 48.3 Å². The number of alkyl halides is 3. The predicted molar refractivity (Wildman–Crippen MR) is 89.8 cm³/mol. The highest BCUT2D eigenvalue weighted by molar-refractivity contribution is 7.97. The highest BCUT2D eigenvalue weighted by Gasteiger charge is 2.31. The van der Waals surface area contributed by atoms with Crippen LogP contribution in [0.2, 0.25) is 0 Å². The van der Waals surface area contributed by atoms with Gasteiger partial charge in [-0.15, -0.1) is 0 Å². The van der Waals surface area contributed by atoms with E-state index in [2.05, 4.69) is 19.7 Å². The summed E-state index contributed by atoms with van der Waals surface area (Å²) in [6.45, 7) is 4.32. The Morgan fingerprint density at radius 3 is 2.60 bits per heavy atom. The van der Waals surface area contributed by atoms with Gasteiger partial charge < -0.3 is 4.57 Å². The highest BCUT2D eigenvalue weighted by atomic mass is 32.2. The van der Waals surface area contributed by atoms with Crippen molar-refractivity contribution in [2.45, 2.75) is 37.5 Å². The number of halogens is 3. The van der Waals surface area contributed by atoms with Gasteiger partial charge in [0.2, 0.25) is 0 Å².